The summed E-state index contributed by atoms with van der Waals surface area (Å²) in [5.41, 5.74) is 3.96. The van der Waals surface area contributed by atoms with E-state index in [-0.39, 0.29) is 23.8 Å². The van der Waals surface area contributed by atoms with Crippen LogP contribution in [0.3, 0.4) is 0 Å². The number of likely N-dealkylation sites (tertiary alicyclic amines) is 1. The van der Waals surface area contributed by atoms with Gasteiger partial charge in [-0.2, -0.15) is 5.10 Å². The molecule has 0 saturated carbocycles. The summed E-state index contributed by atoms with van der Waals surface area (Å²) in [5.74, 6) is 0.0990. The van der Waals surface area contributed by atoms with Crippen molar-refractivity contribution in [1.29, 1.82) is 0 Å². The summed E-state index contributed by atoms with van der Waals surface area (Å²) >= 11 is 0. The number of benzene rings is 2. The Balaban J connectivity index is 1.53. The molecule has 1 heterocycles. The predicted molar refractivity (Wildman–Crippen MR) is 111 cm³/mol. The van der Waals surface area contributed by atoms with Crippen molar-refractivity contribution in [3.8, 4) is 5.75 Å². The molecule has 2 aromatic carbocycles. The smallest absolute Gasteiger partial charge is 0.271 e. The molecular formula is C21H22N4O5. The maximum Gasteiger partial charge on any atom is 0.271 e. The van der Waals surface area contributed by atoms with Gasteiger partial charge in [0.15, 0.2) is 6.61 Å². The Hall–Kier alpha value is -3.75. The Kier molecular flexibility index (Phi) is 6.74. The van der Waals surface area contributed by atoms with Crippen molar-refractivity contribution in [2.45, 2.75) is 19.8 Å². The van der Waals surface area contributed by atoms with Crippen LogP contribution in [0, 0.1) is 10.1 Å². The van der Waals surface area contributed by atoms with Gasteiger partial charge in [-0.05, 0) is 61.7 Å². The first-order valence-electron chi connectivity index (χ1n) is 9.54. The van der Waals surface area contributed by atoms with Gasteiger partial charge in [-0.1, -0.05) is 0 Å². The molecule has 0 spiro atoms. The molecule has 1 saturated heterocycles. The van der Waals surface area contributed by atoms with Crippen LogP contribution >= 0.6 is 0 Å². The van der Waals surface area contributed by atoms with Gasteiger partial charge < -0.3 is 9.64 Å². The molecule has 1 aliphatic rings. The molecule has 3 rings (SSSR count). The number of nitrogens with one attached hydrogen (secondary N) is 1. The van der Waals surface area contributed by atoms with Crippen molar-refractivity contribution < 1.29 is 19.2 Å². The molecule has 0 bridgehead atoms. The van der Waals surface area contributed by atoms with Crippen LogP contribution in [0.4, 0.5) is 5.69 Å². The monoisotopic (exact) mass is 410 g/mol. The number of carbonyl (C=O) groups is 2. The molecule has 0 unspecified atom stereocenters. The highest BCUT2D eigenvalue weighted by molar-refractivity contribution is 6.01. The van der Waals surface area contributed by atoms with E-state index in [1.54, 1.807) is 36.1 Å². The standard InChI is InChI=1S/C21H22N4O5/c1-15(22-23-21(27)17-4-8-18(9-5-17)25(28)29)16-6-10-19(11-7-16)30-14-20(26)24-12-2-3-13-24/h4-11H,2-3,12-14H2,1H3,(H,23,27)/b22-15-. The number of amides is 2. The molecule has 1 fully saturated rings. The molecule has 9 heteroatoms. The topological polar surface area (TPSA) is 114 Å². The van der Waals surface area contributed by atoms with E-state index in [1.807, 2.05) is 0 Å². The molecular weight excluding hydrogens is 388 g/mol. The van der Waals surface area contributed by atoms with Crippen molar-refractivity contribution in [3.05, 3.63) is 69.8 Å². The molecule has 30 heavy (non-hydrogen) atoms. The van der Waals surface area contributed by atoms with Crippen LogP contribution in [0.15, 0.2) is 53.6 Å². The largest absolute Gasteiger partial charge is 0.484 e. The quantitative estimate of drug-likeness (QED) is 0.428. The Bertz CT molecular complexity index is 948. The third-order valence-corrected chi connectivity index (χ3v) is 4.76. The van der Waals surface area contributed by atoms with Gasteiger partial charge in [0.25, 0.3) is 17.5 Å². The van der Waals surface area contributed by atoms with Crippen molar-refractivity contribution in [1.82, 2.24) is 10.3 Å². The third-order valence-electron chi connectivity index (χ3n) is 4.76. The molecule has 0 radical (unpaired) electrons. The van der Waals surface area contributed by atoms with E-state index in [0.717, 1.165) is 31.5 Å². The van der Waals surface area contributed by atoms with Crippen LogP contribution in [0.2, 0.25) is 0 Å². The summed E-state index contributed by atoms with van der Waals surface area (Å²) in [7, 11) is 0. The van der Waals surface area contributed by atoms with E-state index in [9.17, 15) is 19.7 Å². The van der Waals surface area contributed by atoms with Crippen LogP contribution in [0.1, 0.15) is 35.7 Å². The molecule has 0 aliphatic carbocycles. The third kappa shape index (κ3) is 5.40. The summed E-state index contributed by atoms with van der Waals surface area (Å²) in [6.07, 6.45) is 2.08. The highest BCUT2D eigenvalue weighted by Gasteiger charge is 2.18. The number of nitro benzene ring substituents is 1. The highest BCUT2D eigenvalue weighted by Crippen LogP contribution is 2.15. The van der Waals surface area contributed by atoms with Gasteiger partial charge in [-0.25, -0.2) is 5.43 Å². The number of hydrazone groups is 1. The second-order valence-corrected chi connectivity index (χ2v) is 6.84. The minimum absolute atomic E-state index is 0.0109. The fraction of sp³-hybridized carbons (Fsp3) is 0.286. The molecule has 1 N–H and O–H groups in total. The molecule has 156 valence electrons. The van der Waals surface area contributed by atoms with Crippen LogP contribution in [-0.2, 0) is 4.79 Å². The van der Waals surface area contributed by atoms with Gasteiger partial charge in [-0.3, -0.25) is 19.7 Å². The zero-order chi connectivity index (χ0) is 21.5. The maximum absolute atomic E-state index is 12.1. The van der Waals surface area contributed by atoms with Crippen LogP contribution in [0.25, 0.3) is 0 Å². The van der Waals surface area contributed by atoms with Crippen molar-refractivity contribution in [2.75, 3.05) is 19.7 Å². The van der Waals surface area contributed by atoms with E-state index in [4.69, 9.17) is 4.74 Å². The lowest BCUT2D eigenvalue weighted by Gasteiger charge is -2.15. The van der Waals surface area contributed by atoms with E-state index in [2.05, 4.69) is 10.5 Å². The van der Waals surface area contributed by atoms with Crippen LogP contribution in [-0.4, -0.2) is 47.0 Å². The Labute approximate surface area is 173 Å². The molecule has 1 aliphatic heterocycles. The van der Waals surface area contributed by atoms with E-state index < -0.39 is 10.8 Å². The summed E-state index contributed by atoms with van der Waals surface area (Å²) in [6.45, 7) is 3.34. The van der Waals surface area contributed by atoms with Gasteiger partial charge in [0.2, 0.25) is 0 Å². The number of ether oxygens (including phenoxy) is 1. The minimum Gasteiger partial charge on any atom is -0.484 e. The van der Waals surface area contributed by atoms with Crippen LogP contribution in [0.5, 0.6) is 5.75 Å². The zero-order valence-electron chi connectivity index (χ0n) is 16.5. The molecule has 0 aromatic heterocycles. The lowest BCUT2D eigenvalue weighted by Crippen LogP contribution is -2.32. The van der Waals surface area contributed by atoms with Crippen LogP contribution < -0.4 is 10.2 Å². The number of hydrogen-bond donors (Lipinski definition) is 1. The minimum atomic E-state index is -0.528. The fourth-order valence-corrected chi connectivity index (χ4v) is 2.99. The highest BCUT2D eigenvalue weighted by atomic mass is 16.6. The average molecular weight is 410 g/mol. The molecule has 2 aromatic rings. The Morgan fingerprint density at radius 1 is 1.07 bits per heavy atom. The first kappa shape index (κ1) is 21.0. The molecule has 0 atom stereocenters. The number of non-ortho nitro benzene ring substituents is 1. The average Bonchev–Trinajstić information content (AvgIpc) is 3.31. The fourth-order valence-electron chi connectivity index (χ4n) is 2.99. The van der Waals surface area contributed by atoms with Gasteiger partial charge in [0.1, 0.15) is 5.75 Å². The van der Waals surface area contributed by atoms with Gasteiger partial charge in [-0.15, -0.1) is 0 Å². The summed E-state index contributed by atoms with van der Waals surface area (Å²) in [4.78, 5) is 36.1. The summed E-state index contributed by atoms with van der Waals surface area (Å²) in [6, 6.07) is 12.3. The first-order valence-corrected chi connectivity index (χ1v) is 9.54. The number of rotatable bonds is 7. The second kappa shape index (κ2) is 9.64. The second-order valence-electron chi connectivity index (χ2n) is 6.84. The summed E-state index contributed by atoms with van der Waals surface area (Å²) < 4.78 is 5.55. The zero-order valence-corrected chi connectivity index (χ0v) is 16.5. The van der Waals surface area contributed by atoms with Gasteiger partial charge in [0, 0.05) is 30.8 Å². The van der Waals surface area contributed by atoms with Crippen molar-refractivity contribution in [3.63, 3.8) is 0 Å². The number of hydrogen-bond acceptors (Lipinski definition) is 6. The predicted octanol–water partition coefficient (Wildman–Crippen LogP) is 2.75. The van der Waals surface area contributed by atoms with E-state index >= 15 is 0 Å². The lowest BCUT2D eigenvalue weighted by molar-refractivity contribution is -0.384. The normalized spacial score (nSPS) is 13.8. The number of carbonyl (C=O) groups excluding carboxylic acids is 2. The SMILES string of the molecule is C/C(=N/NC(=O)c1ccc([N+](=O)[O-])cc1)c1ccc(OCC(=O)N2CCCC2)cc1. The summed E-state index contributed by atoms with van der Waals surface area (Å²) in [5, 5.41) is 14.7. The lowest BCUT2D eigenvalue weighted by atomic mass is 10.1. The van der Waals surface area contributed by atoms with Crippen molar-refractivity contribution >= 4 is 23.2 Å². The molecule has 9 nitrogen and oxygen atoms in total. The van der Waals surface area contributed by atoms with Gasteiger partial charge >= 0.3 is 0 Å². The Morgan fingerprint density at radius 3 is 2.27 bits per heavy atom. The number of nitro groups is 1. The first-order chi connectivity index (χ1) is 14.4. The molecule has 2 amide bonds. The van der Waals surface area contributed by atoms with E-state index in [1.165, 1.54) is 24.3 Å². The Morgan fingerprint density at radius 2 is 1.67 bits per heavy atom. The number of nitrogens with zero attached hydrogens (tertiary/aromatic N) is 3. The maximum atomic E-state index is 12.1. The van der Waals surface area contributed by atoms with E-state index in [0.29, 0.717) is 11.5 Å². The van der Waals surface area contributed by atoms with Gasteiger partial charge in [0.05, 0.1) is 10.6 Å². The van der Waals surface area contributed by atoms with Crippen molar-refractivity contribution in [2.24, 2.45) is 5.10 Å².